The van der Waals surface area contributed by atoms with E-state index in [4.69, 9.17) is 5.73 Å². The molecule has 1 atom stereocenters. The van der Waals surface area contributed by atoms with Gasteiger partial charge >= 0.3 is 0 Å². The second-order valence-electron chi connectivity index (χ2n) is 5.16. The van der Waals surface area contributed by atoms with Gasteiger partial charge in [0.15, 0.2) is 0 Å². The molecule has 1 amide bonds. The summed E-state index contributed by atoms with van der Waals surface area (Å²) >= 11 is 3.53. The molecule has 0 saturated carbocycles. The molecule has 0 radical (unpaired) electrons. The normalized spacial score (nSPS) is 23.4. The van der Waals surface area contributed by atoms with Crippen LogP contribution in [0.3, 0.4) is 0 Å². The van der Waals surface area contributed by atoms with Gasteiger partial charge in [-0.2, -0.15) is 0 Å². The van der Waals surface area contributed by atoms with Gasteiger partial charge < -0.3 is 15.7 Å². The van der Waals surface area contributed by atoms with Crippen molar-refractivity contribution in [3.8, 4) is 0 Å². The fourth-order valence-electron chi connectivity index (χ4n) is 2.51. The quantitative estimate of drug-likeness (QED) is 0.878. The molecule has 2 rings (SSSR count). The van der Waals surface area contributed by atoms with Gasteiger partial charge in [0.1, 0.15) is 5.82 Å². The van der Waals surface area contributed by atoms with E-state index in [9.17, 15) is 9.90 Å². The van der Waals surface area contributed by atoms with Crippen LogP contribution in [0.25, 0.3) is 0 Å². The van der Waals surface area contributed by atoms with Gasteiger partial charge in [0.2, 0.25) is 5.91 Å². The van der Waals surface area contributed by atoms with Crippen molar-refractivity contribution in [2.45, 2.75) is 31.8 Å². The Hall–Kier alpha value is -1.14. The molecule has 1 unspecified atom stereocenters. The summed E-state index contributed by atoms with van der Waals surface area (Å²) in [7, 11) is 0. The Morgan fingerprint density at radius 3 is 3.11 bits per heavy atom. The first-order valence-electron chi connectivity index (χ1n) is 6.28. The molecule has 5 nitrogen and oxygen atoms in total. The van der Waals surface area contributed by atoms with Crippen LogP contribution in [0.2, 0.25) is 0 Å². The summed E-state index contributed by atoms with van der Waals surface area (Å²) in [6.45, 7) is 3.19. The summed E-state index contributed by atoms with van der Waals surface area (Å²) < 4.78 is 0.929. The van der Waals surface area contributed by atoms with Crippen molar-refractivity contribution in [1.29, 1.82) is 0 Å². The molecule has 0 aromatic carbocycles. The number of pyridine rings is 1. The Labute approximate surface area is 120 Å². The Balaban J connectivity index is 2.21. The average molecular weight is 328 g/mol. The van der Waals surface area contributed by atoms with Gasteiger partial charge in [-0.1, -0.05) is 0 Å². The lowest BCUT2D eigenvalue weighted by atomic mass is 9.89. The number of hydrogen-bond donors (Lipinski definition) is 2. The van der Waals surface area contributed by atoms with Crippen molar-refractivity contribution in [2.24, 2.45) is 5.73 Å². The summed E-state index contributed by atoms with van der Waals surface area (Å²) in [6.07, 6.45) is 3.14. The number of amides is 1. The molecule has 1 aromatic rings. The zero-order valence-electron chi connectivity index (χ0n) is 10.9. The van der Waals surface area contributed by atoms with E-state index < -0.39 is 11.5 Å². The highest BCUT2D eigenvalue weighted by atomic mass is 79.9. The third-order valence-corrected chi connectivity index (χ3v) is 4.40. The number of primary amides is 1. The summed E-state index contributed by atoms with van der Waals surface area (Å²) in [5.41, 5.74) is 5.25. The van der Waals surface area contributed by atoms with Crippen molar-refractivity contribution >= 4 is 27.7 Å². The minimum Gasteiger partial charge on any atom is -0.388 e. The summed E-state index contributed by atoms with van der Waals surface area (Å²) in [5, 5.41) is 10.4. The van der Waals surface area contributed by atoms with Crippen LogP contribution in [0, 0.1) is 6.92 Å². The maximum Gasteiger partial charge on any atom is 0.220 e. The lowest BCUT2D eigenvalue weighted by Gasteiger charge is -2.39. The van der Waals surface area contributed by atoms with Crippen LogP contribution in [0.15, 0.2) is 16.7 Å². The van der Waals surface area contributed by atoms with Gasteiger partial charge in [-0.25, -0.2) is 4.98 Å². The topological polar surface area (TPSA) is 79.4 Å². The van der Waals surface area contributed by atoms with E-state index in [1.807, 2.05) is 17.9 Å². The largest absolute Gasteiger partial charge is 0.388 e. The predicted molar refractivity (Wildman–Crippen MR) is 76.9 cm³/mol. The molecule has 2 heterocycles. The fraction of sp³-hybridized carbons (Fsp3) is 0.538. The number of hydrogen-bond acceptors (Lipinski definition) is 4. The number of carbonyl (C=O) groups is 1. The molecule has 104 valence electrons. The number of carbonyl (C=O) groups excluding carboxylic acids is 1. The van der Waals surface area contributed by atoms with Crippen molar-refractivity contribution < 1.29 is 9.90 Å². The third-order valence-electron chi connectivity index (χ3n) is 3.42. The van der Waals surface area contributed by atoms with E-state index >= 15 is 0 Å². The molecule has 6 heteroatoms. The maximum absolute atomic E-state index is 11.1. The van der Waals surface area contributed by atoms with E-state index in [-0.39, 0.29) is 6.42 Å². The van der Waals surface area contributed by atoms with Gasteiger partial charge in [-0.05, 0) is 47.3 Å². The smallest absolute Gasteiger partial charge is 0.220 e. The first-order valence-corrected chi connectivity index (χ1v) is 7.07. The monoisotopic (exact) mass is 327 g/mol. The number of aromatic nitrogens is 1. The van der Waals surface area contributed by atoms with Crippen molar-refractivity contribution in [3.63, 3.8) is 0 Å². The van der Waals surface area contributed by atoms with Gasteiger partial charge in [-0.3, -0.25) is 4.79 Å². The van der Waals surface area contributed by atoms with Crippen molar-refractivity contribution in [3.05, 3.63) is 22.3 Å². The lowest BCUT2D eigenvalue weighted by Crippen LogP contribution is -2.50. The first kappa shape index (κ1) is 14.3. The summed E-state index contributed by atoms with van der Waals surface area (Å²) in [5.74, 6) is 0.336. The molecule has 1 aliphatic rings. The van der Waals surface area contributed by atoms with Crippen LogP contribution in [0.1, 0.15) is 24.8 Å². The molecular formula is C13H18BrN3O2. The standard InChI is InChI=1S/C13H18BrN3O2/c1-9-3-5-16-12(11(9)14)17-6-2-4-13(19,8-17)7-10(15)18/h3,5,19H,2,4,6-8H2,1H3,(H2,15,18). The van der Waals surface area contributed by atoms with Crippen LogP contribution < -0.4 is 10.6 Å². The second-order valence-corrected chi connectivity index (χ2v) is 5.95. The molecule has 1 saturated heterocycles. The molecule has 1 aliphatic heterocycles. The minimum absolute atomic E-state index is 0.00701. The molecule has 1 aromatic heterocycles. The van der Waals surface area contributed by atoms with E-state index in [2.05, 4.69) is 20.9 Å². The zero-order valence-corrected chi connectivity index (χ0v) is 12.5. The predicted octanol–water partition coefficient (Wildman–Crippen LogP) is 1.36. The first-order chi connectivity index (χ1) is 8.91. The minimum atomic E-state index is -1.05. The molecule has 1 fully saturated rings. The van der Waals surface area contributed by atoms with Crippen LogP contribution >= 0.6 is 15.9 Å². The zero-order chi connectivity index (χ0) is 14.0. The summed E-state index contributed by atoms with van der Waals surface area (Å²) in [4.78, 5) is 17.4. The van der Waals surface area contributed by atoms with E-state index in [1.165, 1.54) is 0 Å². The molecule has 0 bridgehead atoms. The SMILES string of the molecule is Cc1ccnc(N2CCCC(O)(CC(N)=O)C2)c1Br. The van der Waals surface area contributed by atoms with Gasteiger partial charge in [0.25, 0.3) is 0 Å². The number of β-amino-alcohol motifs (C(OH)–C–C–N with tert-alkyl or cyclic N) is 1. The number of nitrogens with two attached hydrogens (primary N) is 1. The number of halogens is 1. The van der Waals surface area contributed by atoms with Gasteiger partial charge in [0, 0.05) is 19.3 Å². The van der Waals surface area contributed by atoms with Crippen LogP contribution in [0.5, 0.6) is 0 Å². The molecular weight excluding hydrogens is 310 g/mol. The van der Waals surface area contributed by atoms with Gasteiger partial charge in [0.05, 0.1) is 16.5 Å². The van der Waals surface area contributed by atoms with Crippen molar-refractivity contribution in [2.75, 3.05) is 18.0 Å². The Bertz CT molecular complexity index is 495. The Morgan fingerprint density at radius 1 is 1.68 bits per heavy atom. The van der Waals surface area contributed by atoms with Crippen molar-refractivity contribution in [1.82, 2.24) is 4.98 Å². The van der Waals surface area contributed by atoms with E-state index in [0.29, 0.717) is 13.0 Å². The lowest BCUT2D eigenvalue weighted by molar-refractivity contribution is -0.123. The Kier molecular flexibility index (Phi) is 4.10. The number of nitrogens with zero attached hydrogens (tertiary/aromatic N) is 2. The highest BCUT2D eigenvalue weighted by molar-refractivity contribution is 9.10. The fourth-order valence-corrected chi connectivity index (χ4v) is 2.99. The van der Waals surface area contributed by atoms with Crippen LogP contribution in [0.4, 0.5) is 5.82 Å². The van der Waals surface area contributed by atoms with Gasteiger partial charge in [-0.15, -0.1) is 0 Å². The highest BCUT2D eigenvalue weighted by Gasteiger charge is 2.35. The number of rotatable bonds is 3. The van der Waals surface area contributed by atoms with E-state index in [1.54, 1.807) is 6.20 Å². The second kappa shape index (κ2) is 5.46. The van der Waals surface area contributed by atoms with Crippen LogP contribution in [-0.4, -0.2) is 34.7 Å². The molecule has 19 heavy (non-hydrogen) atoms. The van der Waals surface area contributed by atoms with Crippen LogP contribution in [-0.2, 0) is 4.79 Å². The Morgan fingerprint density at radius 2 is 2.42 bits per heavy atom. The number of anilines is 1. The third kappa shape index (κ3) is 3.25. The summed E-state index contributed by atoms with van der Waals surface area (Å²) in [6, 6.07) is 1.92. The number of aliphatic hydroxyl groups is 1. The molecule has 3 N–H and O–H groups in total. The van der Waals surface area contributed by atoms with E-state index in [0.717, 1.165) is 28.8 Å². The number of aryl methyl sites for hydroxylation is 1. The highest BCUT2D eigenvalue weighted by Crippen LogP contribution is 2.32. The number of piperidine rings is 1. The molecule has 0 aliphatic carbocycles. The molecule has 0 spiro atoms. The maximum atomic E-state index is 11.1. The average Bonchev–Trinajstić information content (AvgIpc) is 2.31.